The maximum atomic E-state index is 10.6. The van der Waals surface area contributed by atoms with Gasteiger partial charge in [-0.1, -0.05) is 30.3 Å². The van der Waals surface area contributed by atoms with Gasteiger partial charge in [0.05, 0.1) is 0 Å². The SMILES string of the molecule is OC(c1cc2ccccc2o1)c1cccc2[nH]ccc12. The fourth-order valence-electron chi connectivity index (χ4n) is 2.64. The van der Waals surface area contributed by atoms with Crippen molar-refractivity contribution in [2.24, 2.45) is 0 Å². The number of furan rings is 1. The van der Waals surface area contributed by atoms with Crippen molar-refractivity contribution < 1.29 is 9.52 Å². The molecule has 98 valence electrons. The van der Waals surface area contributed by atoms with Gasteiger partial charge in [-0.05, 0) is 29.8 Å². The largest absolute Gasteiger partial charge is 0.458 e. The predicted octanol–water partition coefficient (Wildman–Crippen LogP) is 4.00. The molecule has 3 heteroatoms. The van der Waals surface area contributed by atoms with Crippen molar-refractivity contribution in [3.63, 3.8) is 0 Å². The highest BCUT2D eigenvalue weighted by atomic mass is 16.4. The van der Waals surface area contributed by atoms with Gasteiger partial charge in [-0.15, -0.1) is 0 Å². The molecule has 0 saturated carbocycles. The molecule has 0 fully saturated rings. The third-order valence-electron chi connectivity index (χ3n) is 3.64. The average Bonchev–Trinajstić information content (AvgIpc) is 3.12. The highest BCUT2D eigenvalue weighted by molar-refractivity contribution is 5.84. The van der Waals surface area contributed by atoms with Crippen LogP contribution in [-0.4, -0.2) is 10.1 Å². The second-order valence-corrected chi connectivity index (χ2v) is 4.88. The third-order valence-corrected chi connectivity index (χ3v) is 3.64. The van der Waals surface area contributed by atoms with E-state index in [4.69, 9.17) is 4.42 Å². The summed E-state index contributed by atoms with van der Waals surface area (Å²) >= 11 is 0. The molecular formula is C17H13NO2. The Bertz CT molecular complexity index is 855. The zero-order valence-electron chi connectivity index (χ0n) is 10.7. The molecule has 4 aromatic rings. The number of benzene rings is 2. The maximum absolute atomic E-state index is 10.6. The van der Waals surface area contributed by atoms with E-state index in [1.807, 2.05) is 60.8 Å². The van der Waals surface area contributed by atoms with Crippen molar-refractivity contribution in [3.8, 4) is 0 Å². The van der Waals surface area contributed by atoms with Crippen LogP contribution in [0.4, 0.5) is 0 Å². The summed E-state index contributed by atoms with van der Waals surface area (Å²) in [6, 6.07) is 17.5. The standard InChI is InChI=1S/C17H13NO2/c19-17(13-5-3-6-14-12(13)8-9-18-14)16-10-11-4-1-2-7-15(11)20-16/h1-10,17-19H. The van der Waals surface area contributed by atoms with Gasteiger partial charge in [0, 0.05) is 22.5 Å². The van der Waals surface area contributed by atoms with E-state index in [0.717, 1.165) is 27.4 Å². The normalized spacial score (nSPS) is 13.1. The molecule has 1 unspecified atom stereocenters. The molecule has 0 spiro atoms. The molecule has 20 heavy (non-hydrogen) atoms. The first-order chi connectivity index (χ1) is 9.83. The minimum absolute atomic E-state index is 0.569. The van der Waals surface area contributed by atoms with Gasteiger partial charge in [0.15, 0.2) is 0 Å². The summed E-state index contributed by atoms with van der Waals surface area (Å²) in [5, 5.41) is 12.6. The zero-order valence-corrected chi connectivity index (χ0v) is 10.7. The monoisotopic (exact) mass is 263 g/mol. The molecular weight excluding hydrogens is 250 g/mol. The molecule has 1 atom stereocenters. The fourth-order valence-corrected chi connectivity index (χ4v) is 2.64. The van der Waals surface area contributed by atoms with Crippen molar-refractivity contribution in [2.45, 2.75) is 6.10 Å². The van der Waals surface area contributed by atoms with E-state index in [0.29, 0.717) is 5.76 Å². The molecule has 2 aromatic carbocycles. The number of para-hydroxylation sites is 1. The highest BCUT2D eigenvalue weighted by Gasteiger charge is 2.17. The molecule has 2 aromatic heterocycles. The van der Waals surface area contributed by atoms with Gasteiger partial charge < -0.3 is 14.5 Å². The van der Waals surface area contributed by atoms with Crippen molar-refractivity contribution >= 4 is 21.9 Å². The molecule has 0 aliphatic rings. The van der Waals surface area contributed by atoms with Crippen LogP contribution in [0.1, 0.15) is 17.4 Å². The summed E-state index contributed by atoms with van der Waals surface area (Å²) in [5.41, 5.74) is 2.66. The Morgan fingerprint density at radius 1 is 1.00 bits per heavy atom. The molecule has 2 N–H and O–H groups in total. The predicted molar refractivity (Wildman–Crippen MR) is 78.6 cm³/mol. The van der Waals surface area contributed by atoms with E-state index in [1.54, 1.807) is 0 Å². The van der Waals surface area contributed by atoms with E-state index in [9.17, 15) is 5.11 Å². The Balaban J connectivity index is 1.87. The lowest BCUT2D eigenvalue weighted by atomic mass is 10.0. The molecule has 0 aliphatic carbocycles. The minimum atomic E-state index is -0.762. The molecule has 0 radical (unpaired) electrons. The number of aromatic amines is 1. The molecule has 0 bridgehead atoms. The number of rotatable bonds is 2. The van der Waals surface area contributed by atoms with Gasteiger partial charge >= 0.3 is 0 Å². The van der Waals surface area contributed by atoms with Gasteiger partial charge in [-0.3, -0.25) is 0 Å². The highest BCUT2D eigenvalue weighted by Crippen LogP contribution is 2.31. The van der Waals surface area contributed by atoms with Crippen LogP contribution in [0.3, 0.4) is 0 Å². The number of H-pyrrole nitrogens is 1. The number of aliphatic hydroxyl groups excluding tert-OH is 1. The summed E-state index contributed by atoms with van der Waals surface area (Å²) < 4.78 is 5.75. The van der Waals surface area contributed by atoms with Crippen molar-refractivity contribution in [2.75, 3.05) is 0 Å². The topological polar surface area (TPSA) is 49.2 Å². The Kier molecular flexibility index (Phi) is 2.41. The van der Waals surface area contributed by atoms with Crippen molar-refractivity contribution in [1.29, 1.82) is 0 Å². The first-order valence-corrected chi connectivity index (χ1v) is 6.55. The van der Waals surface area contributed by atoms with Crippen LogP contribution in [0, 0.1) is 0 Å². The Morgan fingerprint density at radius 2 is 1.90 bits per heavy atom. The first kappa shape index (κ1) is 11.3. The van der Waals surface area contributed by atoms with E-state index in [1.165, 1.54) is 0 Å². The summed E-state index contributed by atoms with van der Waals surface area (Å²) in [4.78, 5) is 3.15. The summed E-state index contributed by atoms with van der Waals surface area (Å²) in [6.07, 6.45) is 1.11. The summed E-state index contributed by atoms with van der Waals surface area (Å²) in [7, 11) is 0. The Labute approximate surface area is 115 Å². The van der Waals surface area contributed by atoms with Crippen LogP contribution >= 0.6 is 0 Å². The van der Waals surface area contributed by atoms with Crippen LogP contribution in [0.5, 0.6) is 0 Å². The molecule has 0 aliphatic heterocycles. The molecule has 0 saturated heterocycles. The number of aliphatic hydroxyl groups is 1. The third kappa shape index (κ3) is 1.64. The molecule has 0 amide bonds. The van der Waals surface area contributed by atoms with Gasteiger partial charge in [-0.2, -0.15) is 0 Å². The number of aromatic nitrogens is 1. The first-order valence-electron chi connectivity index (χ1n) is 6.55. The van der Waals surface area contributed by atoms with E-state index in [-0.39, 0.29) is 0 Å². The fraction of sp³-hybridized carbons (Fsp3) is 0.0588. The van der Waals surface area contributed by atoms with Crippen LogP contribution in [0.25, 0.3) is 21.9 Å². The number of hydrogen-bond donors (Lipinski definition) is 2. The number of fused-ring (bicyclic) bond motifs is 2. The van der Waals surface area contributed by atoms with E-state index in [2.05, 4.69) is 4.98 Å². The quantitative estimate of drug-likeness (QED) is 0.574. The molecule has 3 nitrogen and oxygen atoms in total. The zero-order chi connectivity index (χ0) is 13.5. The lowest BCUT2D eigenvalue weighted by molar-refractivity contribution is 0.194. The number of hydrogen-bond acceptors (Lipinski definition) is 2. The van der Waals surface area contributed by atoms with Gasteiger partial charge in [-0.25, -0.2) is 0 Å². The van der Waals surface area contributed by atoms with Crippen molar-refractivity contribution in [1.82, 2.24) is 4.98 Å². The maximum Gasteiger partial charge on any atom is 0.138 e. The lowest BCUT2D eigenvalue weighted by Gasteiger charge is -2.09. The lowest BCUT2D eigenvalue weighted by Crippen LogP contribution is -1.98. The average molecular weight is 263 g/mol. The second kappa shape index (κ2) is 4.25. The second-order valence-electron chi connectivity index (χ2n) is 4.88. The molecule has 4 rings (SSSR count). The summed E-state index contributed by atoms with van der Waals surface area (Å²) in [5.74, 6) is 0.569. The summed E-state index contributed by atoms with van der Waals surface area (Å²) in [6.45, 7) is 0. The van der Waals surface area contributed by atoms with Crippen LogP contribution in [0.2, 0.25) is 0 Å². The Hall–Kier alpha value is -2.52. The van der Waals surface area contributed by atoms with Gasteiger partial charge in [0.2, 0.25) is 0 Å². The van der Waals surface area contributed by atoms with E-state index < -0.39 is 6.10 Å². The van der Waals surface area contributed by atoms with Crippen molar-refractivity contribution in [3.05, 3.63) is 72.1 Å². The van der Waals surface area contributed by atoms with Gasteiger partial charge in [0.25, 0.3) is 0 Å². The van der Waals surface area contributed by atoms with Gasteiger partial charge in [0.1, 0.15) is 17.4 Å². The van der Waals surface area contributed by atoms with Crippen LogP contribution < -0.4 is 0 Å². The van der Waals surface area contributed by atoms with Crippen LogP contribution in [-0.2, 0) is 0 Å². The van der Waals surface area contributed by atoms with Crippen LogP contribution in [0.15, 0.2) is 65.2 Å². The Morgan fingerprint density at radius 3 is 2.80 bits per heavy atom. The number of nitrogens with one attached hydrogen (secondary N) is 1. The minimum Gasteiger partial charge on any atom is -0.458 e. The molecule has 2 heterocycles. The smallest absolute Gasteiger partial charge is 0.138 e. The van der Waals surface area contributed by atoms with E-state index >= 15 is 0 Å².